The summed E-state index contributed by atoms with van der Waals surface area (Å²) >= 11 is 0.185. The minimum atomic E-state index is -0.748. The van der Waals surface area contributed by atoms with Crippen LogP contribution < -0.4 is 10.5 Å². The predicted octanol–water partition coefficient (Wildman–Crippen LogP) is -0.224. The van der Waals surface area contributed by atoms with E-state index in [1.54, 1.807) is 0 Å². The van der Waals surface area contributed by atoms with Crippen molar-refractivity contribution in [3.05, 3.63) is 0 Å². The van der Waals surface area contributed by atoms with Gasteiger partial charge in [-0.25, -0.2) is 4.79 Å². The summed E-state index contributed by atoms with van der Waals surface area (Å²) in [6.07, 6.45) is 0. The van der Waals surface area contributed by atoms with Crippen LogP contribution in [-0.4, -0.2) is 10.6 Å². The maximum Gasteiger partial charge on any atom is 0.323 e. The fourth-order valence-electron chi connectivity index (χ4n) is 0.0450. The fraction of sp³-hybridized carbons (Fsp3) is 0. The van der Waals surface area contributed by atoms with Crippen LogP contribution in [0.1, 0.15) is 0 Å². The third-order valence-corrected chi connectivity index (χ3v) is 0.439. The normalized spacial score (nSPS) is 7.50. The van der Waals surface area contributed by atoms with Crippen molar-refractivity contribution in [2.24, 2.45) is 5.73 Å². The second-order valence-electron chi connectivity index (χ2n) is 0.558. The van der Waals surface area contributed by atoms with E-state index in [-0.39, 0.29) is 12.2 Å². The quantitative estimate of drug-likeness (QED) is 0.321. The molecule has 0 aliphatic carbocycles. The summed E-state index contributed by atoms with van der Waals surface area (Å²) in [7, 11) is 0. The lowest BCUT2D eigenvalue weighted by atomic mass is 11.2. The van der Waals surface area contributed by atoms with Crippen LogP contribution in [0.25, 0.3) is 0 Å². The summed E-state index contributed by atoms with van der Waals surface area (Å²) in [4.78, 5) is 9.53. The van der Waals surface area contributed by atoms with Gasteiger partial charge < -0.3 is 10.3 Å². The second-order valence-corrected chi connectivity index (χ2v) is 0.944. The molecule has 36 valence electrons. The van der Waals surface area contributed by atoms with Gasteiger partial charge in [0, 0.05) is 0 Å². The van der Waals surface area contributed by atoms with Gasteiger partial charge in [-0.1, -0.05) is 0 Å². The number of carbonyl (C=O) groups excluding carboxylic acids is 1. The van der Waals surface area contributed by atoms with Crippen LogP contribution in [0.3, 0.4) is 0 Å². The number of hydrogen-bond acceptors (Lipinski definition) is 3. The number of nitrogens with two attached hydrogens (primary N) is 1. The highest BCUT2D eigenvalue weighted by Crippen LogP contribution is 1.74. The third-order valence-electron chi connectivity index (χ3n) is 0.146. The first-order chi connectivity index (χ1) is 2.77. The van der Waals surface area contributed by atoms with Crippen LogP contribution >= 0.6 is 12.2 Å². The van der Waals surface area contributed by atoms with Gasteiger partial charge in [0.1, 0.15) is 12.2 Å². The standard InChI is InChI=1S/CH4N2O2S/c2-1(4)3-6-5/h5H,(H3,2,3,4). The molecule has 0 aromatic heterocycles. The van der Waals surface area contributed by atoms with E-state index >= 15 is 0 Å². The Bertz CT molecular complexity index is 55.5. The van der Waals surface area contributed by atoms with Crippen molar-refractivity contribution in [2.75, 3.05) is 0 Å². The Labute approximate surface area is 39.1 Å². The maximum absolute atomic E-state index is 9.53. The smallest absolute Gasteiger partial charge is 0.323 e. The summed E-state index contributed by atoms with van der Waals surface area (Å²) in [6.45, 7) is 0. The number of carbonyl (C=O) groups is 1. The van der Waals surface area contributed by atoms with Gasteiger partial charge in [0.25, 0.3) is 0 Å². The highest BCUT2D eigenvalue weighted by atomic mass is 32.2. The Morgan fingerprint density at radius 3 is 2.50 bits per heavy atom. The second kappa shape index (κ2) is 2.80. The largest absolute Gasteiger partial charge is 0.351 e. The first kappa shape index (κ1) is 5.58. The van der Waals surface area contributed by atoms with Crippen molar-refractivity contribution in [3.8, 4) is 0 Å². The van der Waals surface area contributed by atoms with Crippen molar-refractivity contribution in [1.82, 2.24) is 4.72 Å². The van der Waals surface area contributed by atoms with Crippen molar-refractivity contribution >= 4 is 18.3 Å². The van der Waals surface area contributed by atoms with Crippen molar-refractivity contribution in [1.29, 1.82) is 0 Å². The molecule has 0 fully saturated rings. The van der Waals surface area contributed by atoms with E-state index in [1.165, 1.54) is 0 Å². The molecular formula is CH4N2O2S. The summed E-state index contributed by atoms with van der Waals surface area (Å²) in [5.74, 6) is 0. The molecule has 0 aromatic carbocycles. The summed E-state index contributed by atoms with van der Waals surface area (Å²) in [5.41, 5.74) is 4.47. The molecule has 2 amide bonds. The summed E-state index contributed by atoms with van der Waals surface area (Å²) in [5, 5.41) is 0. The molecule has 0 heterocycles. The molecule has 0 rings (SSSR count). The molecule has 0 atom stereocenters. The van der Waals surface area contributed by atoms with Crippen LogP contribution in [0, 0.1) is 0 Å². The number of amides is 2. The molecule has 0 aliphatic rings. The SMILES string of the molecule is NC(=O)NSO. The first-order valence-electron chi connectivity index (χ1n) is 1.13. The van der Waals surface area contributed by atoms with E-state index in [1.807, 2.05) is 4.72 Å². The Hall–Kier alpha value is -0.420. The number of hydrogen-bond donors (Lipinski definition) is 3. The van der Waals surface area contributed by atoms with Crippen LogP contribution in [0.4, 0.5) is 4.79 Å². The van der Waals surface area contributed by atoms with Crippen LogP contribution in [0.5, 0.6) is 0 Å². The number of rotatable bonds is 1. The average molecular weight is 108 g/mol. The molecule has 0 aliphatic heterocycles. The lowest BCUT2D eigenvalue weighted by Gasteiger charge is -1.85. The molecule has 0 aromatic rings. The van der Waals surface area contributed by atoms with Gasteiger partial charge in [-0.3, -0.25) is 4.72 Å². The van der Waals surface area contributed by atoms with Crippen LogP contribution in [-0.2, 0) is 0 Å². The Balaban J connectivity index is 2.83. The molecule has 0 bridgehead atoms. The van der Waals surface area contributed by atoms with Gasteiger partial charge in [0.05, 0.1) is 0 Å². The van der Waals surface area contributed by atoms with Crippen LogP contribution in [0.15, 0.2) is 0 Å². The number of nitrogens with one attached hydrogen (secondary N) is 1. The Morgan fingerprint density at radius 2 is 2.50 bits per heavy atom. The molecule has 0 saturated carbocycles. The molecule has 0 spiro atoms. The average Bonchev–Trinajstić information content (AvgIpc) is 1.35. The van der Waals surface area contributed by atoms with Gasteiger partial charge in [0.2, 0.25) is 0 Å². The van der Waals surface area contributed by atoms with E-state index in [0.717, 1.165) is 0 Å². The predicted molar refractivity (Wildman–Crippen MR) is 22.9 cm³/mol. The van der Waals surface area contributed by atoms with Crippen molar-refractivity contribution in [3.63, 3.8) is 0 Å². The molecule has 0 saturated heterocycles. The van der Waals surface area contributed by atoms with Gasteiger partial charge in [-0.15, -0.1) is 0 Å². The van der Waals surface area contributed by atoms with E-state index in [0.29, 0.717) is 0 Å². The lowest BCUT2D eigenvalue weighted by Crippen LogP contribution is -2.22. The van der Waals surface area contributed by atoms with Crippen LogP contribution in [0.2, 0.25) is 0 Å². The fourth-order valence-corrected chi connectivity index (χ4v) is 0.135. The Kier molecular flexibility index (Phi) is 2.60. The molecule has 0 unspecified atom stereocenters. The topological polar surface area (TPSA) is 75.4 Å². The minimum Gasteiger partial charge on any atom is -0.351 e. The highest BCUT2D eigenvalue weighted by Gasteiger charge is 1.82. The van der Waals surface area contributed by atoms with E-state index in [9.17, 15) is 4.79 Å². The lowest BCUT2D eigenvalue weighted by molar-refractivity contribution is 0.254. The van der Waals surface area contributed by atoms with E-state index in [4.69, 9.17) is 4.55 Å². The summed E-state index contributed by atoms with van der Waals surface area (Å²) in [6, 6.07) is -0.748. The molecule has 6 heavy (non-hydrogen) atoms. The van der Waals surface area contributed by atoms with Crippen molar-refractivity contribution in [2.45, 2.75) is 0 Å². The summed E-state index contributed by atoms with van der Waals surface area (Å²) < 4.78 is 9.56. The van der Waals surface area contributed by atoms with E-state index < -0.39 is 6.03 Å². The van der Waals surface area contributed by atoms with Gasteiger partial charge in [0.15, 0.2) is 0 Å². The van der Waals surface area contributed by atoms with Crippen molar-refractivity contribution < 1.29 is 9.35 Å². The first-order valence-corrected chi connectivity index (χ1v) is 1.90. The van der Waals surface area contributed by atoms with Gasteiger partial charge in [-0.2, -0.15) is 0 Å². The zero-order valence-electron chi connectivity index (χ0n) is 2.84. The van der Waals surface area contributed by atoms with Gasteiger partial charge in [-0.05, 0) is 0 Å². The molecule has 0 radical (unpaired) electrons. The third kappa shape index (κ3) is 3.58. The number of urea groups is 1. The molecular weight excluding hydrogens is 104 g/mol. The zero-order valence-corrected chi connectivity index (χ0v) is 3.66. The molecule has 4 nitrogen and oxygen atoms in total. The monoisotopic (exact) mass is 108 g/mol. The maximum atomic E-state index is 9.53. The Morgan fingerprint density at radius 1 is 2.00 bits per heavy atom. The minimum absolute atomic E-state index is 0.185. The zero-order chi connectivity index (χ0) is 4.99. The molecule has 5 heteroatoms. The van der Waals surface area contributed by atoms with E-state index in [2.05, 4.69) is 5.73 Å². The molecule has 4 N–H and O–H groups in total. The highest BCUT2D eigenvalue weighted by molar-refractivity contribution is 7.92. The number of primary amides is 1. The van der Waals surface area contributed by atoms with Gasteiger partial charge >= 0.3 is 6.03 Å².